The van der Waals surface area contributed by atoms with Crippen molar-refractivity contribution in [2.45, 2.75) is 66.0 Å². The van der Waals surface area contributed by atoms with E-state index in [-0.39, 0.29) is 18.3 Å². The van der Waals surface area contributed by atoms with Crippen molar-refractivity contribution in [3.05, 3.63) is 23.3 Å². The van der Waals surface area contributed by atoms with Crippen LogP contribution in [0.15, 0.2) is 23.3 Å². The van der Waals surface area contributed by atoms with Gasteiger partial charge in [-0.3, -0.25) is 0 Å². The molecule has 0 saturated carbocycles. The number of rotatable bonds is 6. The highest BCUT2D eigenvalue weighted by molar-refractivity contribution is 6.46. The van der Waals surface area contributed by atoms with Crippen molar-refractivity contribution in [2.75, 3.05) is 20.6 Å². The number of allylic oxidation sites excluding steroid dienone is 2. The summed E-state index contributed by atoms with van der Waals surface area (Å²) in [6.07, 6.45) is 5.31. The second-order valence-electron chi connectivity index (χ2n) is 7.79. The van der Waals surface area contributed by atoms with Crippen molar-refractivity contribution in [1.82, 2.24) is 4.90 Å². The minimum Gasteiger partial charge on any atom is -0.403 e. The Morgan fingerprint density at radius 2 is 1.59 bits per heavy atom. The zero-order chi connectivity index (χ0) is 17.1. The molecule has 0 amide bonds. The molecule has 0 aromatic carbocycles. The summed E-state index contributed by atoms with van der Waals surface area (Å²) in [6.45, 7) is 15.9. The SMILES string of the molecule is C/C=C(\C(=C/CB1OC(C)(C)C(C)(C)O1)CN(C)C)C(C)C. The van der Waals surface area contributed by atoms with E-state index in [2.05, 4.69) is 79.6 Å². The molecule has 0 bridgehead atoms. The normalized spacial score (nSPS) is 22.0. The van der Waals surface area contributed by atoms with Crippen LogP contribution in [0.1, 0.15) is 48.5 Å². The van der Waals surface area contributed by atoms with Crippen molar-refractivity contribution in [3.63, 3.8) is 0 Å². The van der Waals surface area contributed by atoms with Crippen molar-refractivity contribution in [2.24, 2.45) is 5.92 Å². The van der Waals surface area contributed by atoms with Crippen molar-refractivity contribution in [3.8, 4) is 0 Å². The van der Waals surface area contributed by atoms with Crippen molar-refractivity contribution < 1.29 is 9.31 Å². The van der Waals surface area contributed by atoms with Crippen LogP contribution in [0.25, 0.3) is 0 Å². The third-order valence-corrected chi connectivity index (χ3v) is 4.65. The molecular weight excluding hydrogens is 273 g/mol. The van der Waals surface area contributed by atoms with Gasteiger partial charge in [0.15, 0.2) is 0 Å². The lowest BCUT2D eigenvalue weighted by atomic mass is 9.82. The quantitative estimate of drug-likeness (QED) is 0.543. The Balaban J connectivity index is 2.87. The van der Waals surface area contributed by atoms with E-state index in [1.54, 1.807) is 0 Å². The summed E-state index contributed by atoms with van der Waals surface area (Å²) in [5.74, 6) is 0.523. The van der Waals surface area contributed by atoms with Crippen molar-refractivity contribution >= 4 is 7.12 Å². The van der Waals surface area contributed by atoms with Crippen LogP contribution in [-0.4, -0.2) is 43.9 Å². The first-order chi connectivity index (χ1) is 10.00. The van der Waals surface area contributed by atoms with Gasteiger partial charge in [0, 0.05) is 12.9 Å². The summed E-state index contributed by atoms with van der Waals surface area (Å²) < 4.78 is 12.2. The third kappa shape index (κ3) is 4.71. The highest BCUT2D eigenvalue weighted by atomic mass is 16.7. The standard InChI is InChI=1S/C18H34BNO2/c1-10-16(14(2)3)15(13-20(8)9)11-12-19-21-17(4,5)18(6,7)22-19/h10-11,14H,12-13H2,1-9H3/b15-11-,16-10-. The number of hydrogen-bond acceptors (Lipinski definition) is 3. The van der Waals surface area contributed by atoms with Crippen LogP contribution in [0, 0.1) is 5.92 Å². The second-order valence-corrected chi connectivity index (χ2v) is 7.79. The van der Waals surface area contributed by atoms with Gasteiger partial charge in [0.05, 0.1) is 11.2 Å². The molecule has 1 heterocycles. The molecule has 0 aromatic rings. The first-order valence-corrected chi connectivity index (χ1v) is 8.36. The molecule has 22 heavy (non-hydrogen) atoms. The number of nitrogens with zero attached hydrogens (tertiary/aromatic N) is 1. The lowest BCUT2D eigenvalue weighted by molar-refractivity contribution is 0.00578. The average Bonchev–Trinajstić information content (AvgIpc) is 2.54. The molecule has 0 radical (unpaired) electrons. The van der Waals surface area contributed by atoms with Crippen LogP contribution < -0.4 is 0 Å². The molecule has 4 heteroatoms. The van der Waals surface area contributed by atoms with Gasteiger partial charge in [-0.2, -0.15) is 0 Å². The molecule has 1 aliphatic heterocycles. The van der Waals surface area contributed by atoms with E-state index in [4.69, 9.17) is 9.31 Å². The lowest BCUT2D eigenvalue weighted by Crippen LogP contribution is -2.41. The molecule has 3 nitrogen and oxygen atoms in total. The van der Waals surface area contributed by atoms with Gasteiger partial charge in [-0.05, 0) is 65.8 Å². The van der Waals surface area contributed by atoms with Gasteiger partial charge in [0.1, 0.15) is 0 Å². The fourth-order valence-corrected chi connectivity index (χ4v) is 2.80. The van der Waals surface area contributed by atoms with E-state index < -0.39 is 0 Å². The maximum absolute atomic E-state index is 6.09. The Hall–Kier alpha value is -0.575. The van der Waals surface area contributed by atoms with Crippen LogP contribution in [0.5, 0.6) is 0 Å². The topological polar surface area (TPSA) is 21.7 Å². The molecule has 0 N–H and O–H groups in total. The number of hydrogen-bond donors (Lipinski definition) is 0. The monoisotopic (exact) mass is 307 g/mol. The predicted octanol–water partition coefficient (Wildman–Crippen LogP) is 4.17. The fraction of sp³-hybridized carbons (Fsp3) is 0.778. The smallest absolute Gasteiger partial charge is 0.403 e. The Kier molecular flexibility index (Phi) is 6.49. The number of likely N-dealkylation sites (N-methyl/N-ethyl adjacent to an activating group) is 1. The molecule has 0 spiro atoms. The largest absolute Gasteiger partial charge is 0.461 e. The van der Waals surface area contributed by atoms with Crippen LogP contribution >= 0.6 is 0 Å². The zero-order valence-electron chi connectivity index (χ0n) is 16.0. The van der Waals surface area contributed by atoms with Crippen LogP contribution in [0.3, 0.4) is 0 Å². The maximum atomic E-state index is 6.09. The maximum Gasteiger partial charge on any atom is 0.461 e. The first-order valence-electron chi connectivity index (χ1n) is 8.36. The molecule has 0 atom stereocenters. The van der Waals surface area contributed by atoms with Crippen molar-refractivity contribution in [1.29, 1.82) is 0 Å². The Morgan fingerprint density at radius 1 is 1.09 bits per heavy atom. The molecule has 1 saturated heterocycles. The van der Waals surface area contributed by atoms with Gasteiger partial charge >= 0.3 is 7.12 Å². The van der Waals surface area contributed by atoms with Gasteiger partial charge in [-0.1, -0.05) is 26.0 Å². The molecule has 0 aromatic heterocycles. The highest BCUT2D eigenvalue weighted by Crippen LogP contribution is 2.38. The fourth-order valence-electron chi connectivity index (χ4n) is 2.80. The lowest BCUT2D eigenvalue weighted by Gasteiger charge is -2.32. The summed E-state index contributed by atoms with van der Waals surface area (Å²) in [7, 11) is 4.05. The average molecular weight is 307 g/mol. The summed E-state index contributed by atoms with van der Waals surface area (Å²) >= 11 is 0. The minimum atomic E-state index is -0.255. The van der Waals surface area contributed by atoms with E-state index in [1.807, 2.05) is 0 Å². The van der Waals surface area contributed by atoms with Crippen LogP contribution in [0.4, 0.5) is 0 Å². The Bertz CT molecular complexity index is 420. The van der Waals surface area contributed by atoms with Crippen LogP contribution in [-0.2, 0) is 9.31 Å². The van der Waals surface area contributed by atoms with Gasteiger partial charge in [0.25, 0.3) is 0 Å². The summed E-state index contributed by atoms with van der Waals surface area (Å²) in [6, 6.07) is 0. The van der Waals surface area contributed by atoms with E-state index in [1.165, 1.54) is 11.1 Å². The molecule has 1 fully saturated rings. The van der Waals surface area contributed by atoms with E-state index in [9.17, 15) is 0 Å². The molecule has 126 valence electrons. The summed E-state index contributed by atoms with van der Waals surface area (Å²) in [5, 5.41) is 0. The minimum absolute atomic E-state index is 0.160. The van der Waals surface area contributed by atoms with Gasteiger partial charge in [-0.15, -0.1) is 0 Å². The predicted molar refractivity (Wildman–Crippen MR) is 96.1 cm³/mol. The van der Waals surface area contributed by atoms with Gasteiger partial charge in [0.2, 0.25) is 0 Å². The van der Waals surface area contributed by atoms with Gasteiger partial charge < -0.3 is 14.2 Å². The summed E-state index contributed by atoms with van der Waals surface area (Å²) in [5.41, 5.74) is 2.27. The van der Waals surface area contributed by atoms with E-state index in [0.29, 0.717) is 5.92 Å². The van der Waals surface area contributed by atoms with E-state index in [0.717, 1.165) is 12.9 Å². The van der Waals surface area contributed by atoms with E-state index >= 15 is 0 Å². The Labute approximate surface area is 137 Å². The molecule has 1 rings (SSSR count). The first kappa shape index (κ1) is 19.5. The third-order valence-electron chi connectivity index (χ3n) is 4.65. The molecule has 0 aliphatic carbocycles. The molecule has 1 aliphatic rings. The van der Waals surface area contributed by atoms with Crippen LogP contribution in [0.2, 0.25) is 6.32 Å². The summed E-state index contributed by atoms with van der Waals surface area (Å²) in [4.78, 5) is 2.21. The Morgan fingerprint density at radius 3 is 1.95 bits per heavy atom. The zero-order valence-corrected chi connectivity index (χ0v) is 16.0. The second kappa shape index (κ2) is 7.33. The molecule has 0 unspecified atom stereocenters. The van der Waals surface area contributed by atoms with Gasteiger partial charge in [-0.25, -0.2) is 0 Å². The highest BCUT2D eigenvalue weighted by Gasteiger charge is 2.50. The molecular formula is C18H34BNO2.